The van der Waals surface area contributed by atoms with Gasteiger partial charge in [0.05, 0.1) is 17.4 Å². The molecule has 1 aliphatic carbocycles. The van der Waals surface area contributed by atoms with Gasteiger partial charge in [0.15, 0.2) is 0 Å². The van der Waals surface area contributed by atoms with E-state index in [-0.39, 0.29) is 0 Å². The van der Waals surface area contributed by atoms with E-state index in [0.29, 0.717) is 29.1 Å². The molecule has 4 aromatic heterocycles. The first-order valence-corrected chi connectivity index (χ1v) is 10.6. The van der Waals surface area contributed by atoms with Crippen molar-refractivity contribution in [2.45, 2.75) is 43.1 Å². The third-order valence-electron chi connectivity index (χ3n) is 4.60. The Morgan fingerprint density at radius 3 is 3.07 bits per heavy atom. The normalized spacial score (nSPS) is 13.9. The van der Waals surface area contributed by atoms with E-state index in [1.54, 1.807) is 22.3 Å². The molecular weight excluding hydrogens is 382 g/mol. The van der Waals surface area contributed by atoms with Gasteiger partial charge in [0.25, 0.3) is 0 Å². The number of nitrogen functional groups attached to an aromatic ring is 1. The second kappa shape index (κ2) is 6.93. The zero-order valence-electron chi connectivity index (χ0n) is 14.5. The average molecular weight is 400 g/mol. The number of hydrogen-bond acceptors (Lipinski definition) is 9. The minimum Gasteiger partial charge on any atom is -0.467 e. The van der Waals surface area contributed by atoms with Crippen LogP contribution in [-0.2, 0) is 25.1 Å². The van der Waals surface area contributed by atoms with Crippen LogP contribution in [0.1, 0.15) is 34.9 Å². The maximum atomic E-state index is 6.28. The maximum absolute atomic E-state index is 6.28. The molecule has 0 atom stereocenters. The predicted octanol–water partition coefficient (Wildman–Crippen LogP) is 3.07. The van der Waals surface area contributed by atoms with Crippen LogP contribution in [0.5, 0.6) is 0 Å². The summed E-state index contributed by atoms with van der Waals surface area (Å²) in [6.07, 6.45) is 6.31. The molecule has 5 rings (SSSR count). The predicted molar refractivity (Wildman–Crippen MR) is 104 cm³/mol. The fraction of sp³-hybridized carbons (Fsp3) is 0.353. The van der Waals surface area contributed by atoms with Crippen molar-refractivity contribution in [2.24, 2.45) is 0 Å². The van der Waals surface area contributed by atoms with Gasteiger partial charge in [-0.1, -0.05) is 11.8 Å². The molecule has 0 aliphatic heterocycles. The molecule has 8 nitrogen and oxygen atoms in total. The molecule has 10 heteroatoms. The summed E-state index contributed by atoms with van der Waals surface area (Å²) in [4.78, 5) is 11.7. The molecule has 27 heavy (non-hydrogen) atoms. The van der Waals surface area contributed by atoms with Gasteiger partial charge in [0.1, 0.15) is 28.8 Å². The smallest absolute Gasteiger partial charge is 0.210 e. The number of furan rings is 1. The first-order valence-electron chi connectivity index (χ1n) is 8.76. The number of fused-ring (bicyclic) bond motifs is 3. The molecule has 4 aromatic rings. The Balaban J connectivity index is 1.37. The van der Waals surface area contributed by atoms with Crippen LogP contribution >= 0.6 is 23.1 Å². The van der Waals surface area contributed by atoms with Crippen LogP contribution in [0.15, 0.2) is 28.0 Å². The number of nitrogens with zero attached hydrogens (tertiary/aromatic N) is 6. The van der Waals surface area contributed by atoms with Crippen molar-refractivity contribution >= 4 is 39.1 Å². The van der Waals surface area contributed by atoms with Gasteiger partial charge in [0, 0.05) is 4.88 Å². The van der Waals surface area contributed by atoms with Gasteiger partial charge in [-0.3, -0.25) is 0 Å². The first kappa shape index (κ1) is 16.7. The van der Waals surface area contributed by atoms with Gasteiger partial charge >= 0.3 is 0 Å². The quantitative estimate of drug-likeness (QED) is 0.510. The fourth-order valence-electron chi connectivity index (χ4n) is 3.37. The van der Waals surface area contributed by atoms with Crippen LogP contribution in [0, 0.1) is 0 Å². The molecule has 0 unspecified atom stereocenters. The van der Waals surface area contributed by atoms with Gasteiger partial charge in [-0.05, 0) is 53.8 Å². The van der Waals surface area contributed by atoms with Crippen LogP contribution < -0.4 is 5.73 Å². The minimum absolute atomic E-state index is 0.488. The summed E-state index contributed by atoms with van der Waals surface area (Å²) in [5.41, 5.74) is 7.64. The van der Waals surface area contributed by atoms with Crippen molar-refractivity contribution in [1.29, 1.82) is 0 Å². The molecule has 0 amide bonds. The van der Waals surface area contributed by atoms with E-state index < -0.39 is 0 Å². The highest BCUT2D eigenvalue weighted by Crippen LogP contribution is 2.38. The number of thioether (sulfide) groups is 1. The SMILES string of the molecule is Nc1nc(CSc2nnnn2Cc2ccco2)nc2sc3c(c12)CCCC3. The number of anilines is 1. The second-order valence-electron chi connectivity index (χ2n) is 6.40. The lowest BCUT2D eigenvalue weighted by Gasteiger charge is -2.10. The Labute approximate surface area is 163 Å². The summed E-state index contributed by atoms with van der Waals surface area (Å²) in [5, 5.41) is 13.6. The van der Waals surface area contributed by atoms with E-state index >= 15 is 0 Å². The molecule has 1 aliphatic rings. The molecule has 0 spiro atoms. The Morgan fingerprint density at radius 1 is 1.26 bits per heavy atom. The monoisotopic (exact) mass is 399 g/mol. The molecule has 0 saturated heterocycles. The zero-order chi connectivity index (χ0) is 18.2. The van der Waals surface area contributed by atoms with Gasteiger partial charge in [-0.25, -0.2) is 14.6 Å². The van der Waals surface area contributed by atoms with E-state index in [1.165, 1.54) is 35.0 Å². The van der Waals surface area contributed by atoms with Gasteiger partial charge in [-0.2, -0.15) is 0 Å². The topological polar surface area (TPSA) is 109 Å². The number of aryl methyl sites for hydroxylation is 2. The number of aromatic nitrogens is 6. The standard InChI is InChI=1S/C17H17N7OS2/c18-15-14-11-5-1-2-6-12(11)27-16(14)20-13(19-15)9-26-17-21-22-23-24(17)8-10-4-3-7-25-10/h3-4,7H,1-2,5-6,8-9H2,(H2,18,19,20). The van der Waals surface area contributed by atoms with Gasteiger partial charge in [0.2, 0.25) is 5.16 Å². The average Bonchev–Trinajstić information content (AvgIpc) is 3.40. The Bertz CT molecular complexity index is 1090. The molecule has 0 saturated carbocycles. The second-order valence-corrected chi connectivity index (χ2v) is 8.43. The van der Waals surface area contributed by atoms with Crippen molar-refractivity contribution in [1.82, 2.24) is 30.2 Å². The molecule has 0 fully saturated rings. The van der Waals surface area contributed by atoms with Crippen molar-refractivity contribution in [3.05, 3.63) is 40.4 Å². The maximum Gasteiger partial charge on any atom is 0.210 e. The van der Waals surface area contributed by atoms with Crippen molar-refractivity contribution in [3.63, 3.8) is 0 Å². The summed E-state index contributed by atoms with van der Waals surface area (Å²) in [5.74, 6) is 2.65. The molecule has 138 valence electrons. The highest BCUT2D eigenvalue weighted by Gasteiger charge is 2.20. The van der Waals surface area contributed by atoms with Crippen LogP contribution in [-0.4, -0.2) is 30.2 Å². The molecule has 2 N–H and O–H groups in total. The summed E-state index contributed by atoms with van der Waals surface area (Å²) in [6.45, 7) is 0.488. The van der Waals surface area contributed by atoms with Gasteiger partial charge < -0.3 is 10.2 Å². The molecule has 0 bridgehead atoms. The Kier molecular flexibility index (Phi) is 4.29. The zero-order valence-corrected chi connectivity index (χ0v) is 16.1. The number of hydrogen-bond donors (Lipinski definition) is 1. The lowest BCUT2D eigenvalue weighted by molar-refractivity contribution is 0.462. The Hall–Kier alpha value is -2.46. The van der Waals surface area contributed by atoms with E-state index in [4.69, 9.17) is 15.1 Å². The van der Waals surface area contributed by atoms with E-state index in [0.717, 1.165) is 28.8 Å². The highest BCUT2D eigenvalue weighted by atomic mass is 32.2. The van der Waals surface area contributed by atoms with E-state index in [2.05, 4.69) is 20.5 Å². The van der Waals surface area contributed by atoms with E-state index in [1.807, 2.05) is 12.1 Å². The number of nitrogens with two attached hydrogens (primary N) is 1. The summed E-state index contributed by atoms with van der Waals surface area (Å²) < 4.78 is 7.07. The lowest BCUT2D eigenvalue weighted by atomic mass is 9.97. The van der Waals surface area contributed by atoms with Crippen LogP contribution in [0.4, 0.5) is 5.82 Å². The summed E-state index contributed by atoms with van der Waals surface area (Å²) in [6, 6.07) is 3.74. The summed E-state index contributed by atoms with van der Waals surface area (Å²) in [7, 11) is 0. The first-order chi connectivity index (χ1) is 13.3. The number of tetrazole rings is 1. The number of rotatable bonds is 5. The van der Waals surface area contributed by atoms with E-state index in [9.17, 15) is 0 Å². The van der Waals surface area contributed by atoms with Crippen molar-refractivity contribution < 1.29 is 4.42 Å². The van der Waals surface area contributed by atoms with Crippen molar-refractivity contribution in [2.75, 3.05) is 5.73 Å². The van der Waals surface area contributed by atoms with Gasteiger partial charge in [-0.15, -0.1) is 16.4 Å². The largest absolute Gasteiger partial charge is 0.467 e. The van der Waals surface area contributed by atoms with Crippen molar-refractivity contribution in [3.8, 4) is 0 Å². The third-order valence-corrected chi connectivity index (χ3v) is 6.74. The minimum atomic E-state index is 0.488. The fourth-order valence-corrected chi connectivity index (χ4v) is 5.39. The Morgan fingerprint density at radius 2 is 2.19 bits per heavy atom. The molecule has 0 radical (unpaired) electrons. The third kappa shape index (κ3) is 3.19. The molecule has 4 heterocycles. The highest BCUT2D eigenvalue weighted by molar-refractivity contribution is 7.98. The lowest BCUT2D eigenvalue weighted by Crippen LogP contribution is -2.04. The molecular formula is C17H17N7OS2. The summed E-state index contributed by atoms with van der Waals surface area (Å²) >= 11 is 3.25. The van der Waals surface area contributed by atoms with Crippen LogP contribution in [0.3, 0.4) is 0 Å². The number of thiophene rings is 1. The van der Waals surface area contributed by atoms with Crippen LogP contribution in [0.25, 0.3) is 10.2 Å². The van der Waals surface area contributed by atoms with Crippen LogP contribution in [0.2, 0.25) is 0 Å². The molecule has 0 aromatic carbocycles.